The third-order valence-corrected chi connectivity index (χ3v) is 5.11. The molecule has 1 aromatic carbocycles. The minimum atomic E-state index is -1.09. The molecule has 1 heterocycles. The number of carboxylic acids is 1. The van der Waals surface area contributed by atoms with Crippen molar-refractivity contribution in [2.24, 2.45) is 0 Å². The molecule has 0 atom stereocenters. The molecule has 0 spiro atoms. The molecule has 2 N–H and O–H groups in total. The topological polar surface area (TPSA) is 66.4 Å². The number of rotatable bonds is 4. The van der Waals surface area contributed by atoms with E-state index in [1.165, 1.54) is 33.9 Å². The molecule has 120 valence electrons. The summed E-state index contributed by atoms with van der Waals surface area (Å²) in [4.78, 5) is 24.8. The van der Waals surface area contributed by atoms with Gasteiger partial charge in [-0.3, -0.25) is 9.59 Å². The van der Waals surface area contributed by atoms with Crippen LogP contribution in [0.25, 0.3) is 0 Å². The Hall–Kier alpha value is -2.21. The monoisotopic (exact) mass is 333 g/mol. The van der Waals surface area contributed by atoms with Gasteiger partial charge in [0.1, 0.15) is 5.82 Å². The number of anilines is 1. The van der Waals surface area contributed by atoms with Crippen molar-refractivity contribution in [1.82, 2.24) is 0 Å². The lowest BCUT2D eigenvalue weighted by molar-refractivity contribution is -0.136. The smallest absolute Gasteiger partial charge is 0.307 e. The van der Waals surface area contributed by atoms with Crippen LogP contribution >= 0.6 is 11.3 Å². The van der Waals surface area contributed by atoms with E-state index in [-0.39, 0.29) is 17.9 Å². The Morgan fingerprint density at radius 2 is 2.00 bits per heavy atom. The number of benzene rings is 1. The predicted octanol–water partition coefficient (Wildman–Crippen LogP) is 3.65. The van der Waals surface area contributed by atoms with Crippen LogP contribution in [0.3, 0.4) is 0 Å². The second-order valence-corrected chi connectivity index (χ2v) is 6.73. The van der Waals surface area contributed by atoms with Gasteiger partial charge in [0, 0.05) is 10.6 Å². The molecular weight excluding hydrogens is 317 g/mol. The van der Waals surface area contributed by atoms with E-state index >= 15 is 0 Å². The number of hydrogen-bond donors (Lipinski definition) is 2. The number of thiophene rings is 1. The normalized spacial score (nSPS) is 13.4. The molecule has 1 amide bonds. The van der Waals surface area contributed by atoms with Crippen molar-refractivity contribution in [2.45, 2.75) is 32.1 Å². The first-order chi connectivity index (χ1) is 11.0. The number of halogens is 1. The van der Waals surface area contributed by atoms with E-state index in [0.717, 1.165) is 31.7 Å². The largest absolute Gasteiger partial charge is 0.481 e. The van der Waals surface area contributed by atoms with Gasteiger partial charge in [0.25, 0.3) is 5.91 Å². The molecule has 4 nitrogen and oxygen atoms in total. The van der Waals surface area contributed by atoms with Gasteiger partial charge >= 0.3 is 5.97 Å². The Morgan fingerprint density at radius 1 is 1.22 bits per heavy atom. The van der Waals surface area contributed by atoms with Gasteiger partial charge in [-0.05, 0) is 55.0 Å². The SMILES string of the molecule is O=C(O)Cc1ccc(NC(=O)c2cc3c(s2)CCCC3)cc1F. The lowest BCUT2D eigenvalue weighted by Crippen LogP contribution is -2.11. The van der Waals surface area contributed by atoms with E-state index in [9.17, 15) is 14.0 Å². The number of hydrogen-bond acceptors (Lipinski definition) is 3. The highest BCUT2D eigenvalue weighted by Gasteiger charge is 2.17. The Bertz CT molecular complexity index is 746. The van der Waals surface area contributed by atoms with Gasteiger partial charge in [0.15, 0.2) is 0 Å². The summed E-state index contributed by atoms with van der Waals surface area (Å²) in [6, 6.07) is 5.98. The first-order valence-corrected chi connectivity index (χ1v) is 8.28. The third kappa shape index (κ3) is 3.59. The standard InChI is InChI=1S/C17H16FNO3S/c18-13-9-12(6-5-10(13)8-16(20)21)19-17(22)15-7-11-3-1-2-4-14(11)23-15/h5-7,9H,1-4,8H2,(H,19,22)(H,20,21). The van der Waals surface area contributed by atoms with Gasteiger partial charge < -0.3 is 10.4 Å². The summed E-state index contributed by atoms with van der Waals surface area (Å²) in [5, 5.41) is 11.4. The Balaban J connectivity index is 1.73. The van der Waals surface area contributed by atoms with E-state index < -0.39 is 11.8 Å². The van der Waals surface area contributed by atoms with Crippen molar-refractivity contribution in [2.75, 3.05) is 5.32 Å². The highest BCUT2D eigenvalue weighted by Crippen LogP contribution is 2.30. The highest BCUT2D eigenvalue weighted by molar-refractivity contribution is 7.14. The minimum Gasteiger partial charge on any atom is -0.481 e. The number of carbonyl (C=O) groups excluding carboxylic acids is 1. The van der Waals surface area contributed by atoms with Crippen LogP contribution < -0.4 is 5.32 Å². The van der Waals surface area contributed by atoms with Gasteiger partial charge in [-0.2, -0.15) is 0 Å². The Labute approximate surface area is 137 Å². The van der Waals surface area contributed by atoms with Crippen molar-refractivity contribution in [3.05, 3.63) is 51.0 Å². The van der Waals surface area contributed by atoms with Crippen LogP contribution in [0.4, 0.5) is 10.1 Å². The van der Waals surface area contributed by atoms with Gasteiger partial charge in [0.2, 0.25) is 0 Å². The summed E-state index contributed by atoms with van der Waals surface area (Å²) < 4.78 is 13.8. The summed E-state index contributed by atoms with van der Waals surface area (Å²) in [6.07, 6.45) is 3.97. The number of aryl methyl sites for hydroxylation is 2. The van der Waals surface area contributed by atoms with Gasteiger partial charge in [-0.25, -0.2) is 4.39 Å². The predicted molar refractivity (Wildman–Crippen MR) is 86.7 cm³/mol. The molecule has 0 saturated carbocycles. The quantitative estimate of drug-likeness (QED) is 0.897. The summed E-state index contributed by atoms with van der Waals surface area (Å²) >= 11 is 1.49. The van der Waals surface area contributed by atoms with Crippen molar-refractivity contribution in [3.8, 4) is 0 Å². The number of aliphatic carboxylic acids is 1. The van der Waals surface area contributed by atoms with Crippen molar-refractivity contribution >= 4 is 28.9 Å². The third-order valence-electron chi connectivity index (χ3n) is 3.87. The van der Waals surface area contributed by atoms with Crippen LogP contribution in [-0.4, -0.2) is 17.0 Å². The molecule has 3 rings (SSSR count). The first-order valence-electron chi connectivity index (χ1n) is 7.46. The molecule has 6 heteroatoms. The van der Waals surface area contributed by atoms with Gasteiger partial charge in [-0.15, -0.1) is 11.3 Å². The minimum absolute atomic E-state index is 0.0992. The van der Waals surface area contributed by atoms with Gasteiger partial charge in [0.05, 0.1) is 11.3 Å². The molecular formula is C17H16FNO3S. The van der Waals surface area contributed by atoms with E-state index in [4.69, 9.17) is 5.11 Å². The van der Waals surface area contributed by atoms with Crippen molar-refractivity contribution in [1.29, 1.82) is 0 Å². The number of nitrogens with one attached hydrogen (secondary N) is 1. The Morgan fingerprint density at radius 3 is 2.70 bits per heavy atom. The van der Waals surface area contributed by atoms with E-state index in [0.29, 0.717) is 10.6 Å². The maximum absolute atomic E-state index is 13.8. The maximum Gasteiger partial charge on any atom is 0.307 e. The first kappa shape index (κ1) is 15.7. The zero-order valence-corrected chi connectivity index (χ0v) is 13.2. The van der Waals surface area contributed by atoms with E-state index in [2.05, 4.69) is 5.32 Å². The zero-order chi connectivity index (χ0) is 16.4. The summed E-state index contributed by atoms with van der Waals surface area (Å²) in [5.41, 5.74) is 1.67. The lowest BCUT2D eigenvalue weighted by Gasteiger charge is -2.08. The fourth-order valence-electron chi connectivity index (χ4n) is 2.73. The van der Waals surface area contributed by atoms with Crippen LogP contribution in [0.2, 0.25) is 0 Å². The summed E-state index contributed by atoms with van der Waals surface area (Å²) in [7, 11) is 0. The average molecular weight is 333 g/mol. The number of amides is 1. The molecule has 1 aliphatic carbocycles. The fraction of sp³-hybridized carbons (Fsp3) is 0.294. The van der Waals surface area contributed by atoms with Crippen LogP contribution in [-0.2, 0) is 24.1 Å². The van der Waals surface area contributed by atoms with E-state index in [1.54, 1.807) is 0 Å². The molecule has 0 bridgehead atoms. The molecule has 2 aromatic rings. The lowest BCUT2D eigenvalue weighted by atomic mass is 9.99. The molecule has 0 fully saturated rings. The maximum atomic E-state index is 13.8. The van der Waals surface area contributed by atoms with Crippen LogP contribution in [0.1, 0.15) is 38.5 Å². The number of carbonyl (C=O) groups is 2. The second-order valence-electron chi connectivity index (χ2n) is 5.60. The number of carboxylic acid groups (broad SMARTS) is 1. The van der Waals surface area contributed by atoms with Crippen molar-refractivity contribution in [3.63, 3.8) is 0 Å². The molecule has 23 heavy (non-hydrogen) atoms. The number of fused-ring (bicyclic) bond motifs is 1. The van der Waals surface area contributed by atoms with Crippen molar-refractivity contribution < 1.29 is 19.1 Å². The molecule has 1 aliphatic rings. The summed E-state index contributed by atoms with van der Waals surface area (Å²) in [5.74, 6) is -1.98. The molecule has 0 radical (unpaired) electrons. The molecule has 0 saturated heterocycles. The van der Waals surface area contributed by atoms with E-state index in [1.807, 2.05) is 6.07 Å². The Kier molecular flexibility index (Phi) is 4.43. The molecule has 0 aliphatic heterocycles. The van der Waals surface area contributed by atoms with Crippen LogP contribution in [0, 0.1) is 5.82 Å². The molecule has 1 aromatic heterocycles. The molecule has 0 unspecified atom stereocenters. The fourth-order valence-corrected chi connectivity index (χ4v) is 3.88. The summed E-state index contributed by atoms with van der Waals surface area (Å²) in [6.45, 7) is 0. The second kappa shape index (κ2) is 6.50. The zero-order valence-electron chi connectivity index (χ0n) is 12.4. The average Bonchev–Trinajstić information content (AvgIpc) is 2.94. The highest BCUT2D eigenvalue weighted by atomic mass is 32.1. The van der Waals surface area contributed by atoms with Crippen LogP contribution in [0.15, 0.2) is 24.3 Å². The van der Waals surface area contributed by atoms with Crippen LogP contribution in [0.5, 0.6) is 0 Å². The van der Waals surface area contributed by atoms with Gasteiger partial charge in [-0.1, -0.05) is 6.07 Å².